The van der Waals surface area contributed by atoms with Crippen LogP contribution in [0.3, 0.4) is 0 Å². The highest BCUT2D eigenvalue weighted by molar-refractivity contribution is 6.31. The summed E-state index contributed by atoms with van der Waals surface area (Å²) in [6, 6.07) is 4.96. The molecule has 2 amide bonds. The Hall–Kier alpha value is -2.19. The number of amides is 2. The summed E-state index contributed by atoms with van der Waals surface area (Å²) in [5.41, 5.74) is 0.427. The maximum atomic E-state index is 12.3. The second-order valence-corrected chi connectivity index (χ2v) is 6.10. The number of carbonyl (C=O) groups is 2. The largest absolute Gasteiger partial charge is 0.496 e. The SMILES string of the molecule is CC#CC(=O)N1CCC(CNC(=O)c2cc(Cl)ccc2OC)CC1. The van der Waals surface area contributed by atoms with E-state index in [2.05, 4.69) is 17.2 Å². The molecule has 0 unspecified atom stereocenters. The quantitative estimate of drug-likeness (QED) is 0.850. The molecule has 0 bridgehead atoms. The van der Waals surface area contributed by atoms with E-state index in [1.807, 2.05) is 0 Å². The maximum Gasteiger partial charge on any atom is 0.298 e. The summed E-state index contributed by atoms with van der Waals surface area (Å²) in [5.74, 6) is 5.70. The Kier molecular flexibility index (Phi) is 6.51. The molecular formula is C18H21ClN2O3. The van der Waals surface area contributed by atoms with E-state index >= 15 is 0 Å². The fourth-order valence-electron chi connectivity index (χ4n) is 2.72. The Morgan fingerprint density at radius 2 is 2.08 bits per heavy atom. The van der Waals surface area contributed by atoms with Crippen LogP contribution in [0.5, 0.6) is 5.75 Å². The van der Waals surface area contributed by atoms with E-state index in [1.54, 1.807) is 30.0 Å². The first-order valence-electron chi connectivity index (χ1n) is 7.88. The van der Waals surface area contributed by atoms with Crippen molar-refractivity contribution in [3.05, 3.63) is 28.8 Å². The van der Waals surface area contributed by atoms with Crippen LogP contribution in [-0.4, -0.2) is 43.5 Å². The Morgan fingerprint density at radius 3 is 2.71 bits per heavy atom. The summed E-state index contributed by atoms with van der Waals surface area (Å²) in [5, 5.41) is 3.42. The van der Waals surface area contributed by atoms with Crippen molar-refractivity contribution in [1.82, 2.24) is 10.2 Å². The first-order chi connectivity index (χ1) is 11.5. The molecule has 1 aromatic carbocycles. The van der Waals surface area contributed by atoms with Crippen LogP contribution in [0, 0.1) is 17.8 Å². The minimum absolute atomic E-state index is 0.122. The first-order valence-corrected chi connectivity index (χ1v) is 8.26. The molecule has 0 atom stereocenters. The molecule has 1 aliphatic rings. The third-order valence-corrected chi connectivity index (χ3v) is 4.33. The van der Waals surface area contributed by atoms with Crippen molar-refractivity contribution in [2.24, 2.45) is 5.92 Å². The van der Waals surface area contributed by atoms with E-state index in [9.17, 15) is 9.59 Å². The number of nitrogens with one attached hydrogen (secondary N) is 1. The average molecular weight is 349 g/mol. The lowest BCUT2D eigenvalue weighted by atomic mass is 9.96. The van der Waals surface area contributed by atoms with Gasteiger partial charge in [-0.1, -0.05) is 17.5 Å². The van der Waals surface area contributed by atoms with Crippen LogP contribution in [0.25, 0.3) is 0 Å². The molecule has 0 saturated carbocycles. The number of halogens is 1. The monoisotopic (exact) mass is 348 g/mol. The van der Waals surface area contributed by atoms with E-state index in [0.717, 1.165) is 12.8 Å². The molecule has 0 spiro atoms. The smallest absolute Gasteiger partial charge is 0.298 e. The molecule has 1 aromatic rings. The van der Waals surface area contributed by atoms with E-state index in [4.69, 9.17) is 16.3 Å². The van der Waals surface area contributed by atoms with E-state index in [0.29, 0.717) is 41.9 Å². The summed E-state index contributed by atoms with van der Waals surface area (Å²) < 4.78 is 5.20. The van der Waals surface area contributed by atoms with Gasteiger partial charge in [0.1, 0.15) is 5.75 Å². The van der Waals surface area contributed by atoms with Gasteiger partial charge in [0, 0.05) is 24.7 Å². The minimum atomic E-state index is -0.204. The molecule has 6 heteroatoms. The zero-order valence-corrected chi connectivity index (χ0v) is 14.7. The van der Waals surface area contributed by atoms with Gasteiger partial charge in [0.2, 0.25) is 0 Å². The molecular weight excluding hydrogens is 328 g/mol. The van der Waals surface area contributed by atoms with Gasteiger partial charge in [0.05, 0.1) is 12.7 Å². The van der Waals surface area contributed by atoms with Crippen LogP contribution >= 0.6 is 11.6 Å². The van der Waals surface area contributed by atoms with Crippen molar-refractivity contribution in [2.75, 3.05) is 26.7 Å². The molecule has 1 aliphatic heterocycles. The number of piperidine rings is 1. The molecule has 2 rings (SSSR count). The number of hydrogen-bond acceptors (Lipinski definition) is 3. The molecule has 1 N–H and O–H groups in total. The Labute approximate surface area is 147 Å². The molecule has 0 aliphatic carbocycles. The fraction of sp³-hybridized carbons (Fsp3) is 0.444. The van der Waals surface area contributed by atoms with Gasteiger partial charge in [0.25, 0.3) is 11.8 Å². The number of carbonyl (C=O) groups excluding carboxylic acids is 2. The highest BCUT2D eigenvalue weighted by atomic mass is 35.5. The highest BCUT2D eigenvalue weighted by Gasteiger charge is 2.22. The van der Waals surface area contributed by atoms with Crippen LogP contribution in [0.2, 0.25) is 5.02 Å². The molecule has 128 valence electrons. The molecule has 0 aromatic heterocycles. The second kappa shape index (κ2) is 8.60. The maximum absolute atomic E-state index is 12.3. The predicted molar refractivity (Wildman–Crippen MR) is 93.1 cm³/mol. The molecule has 24 heavy (non-hydrogen) atoms. The predicted octanol–water partition coefficient (Wildman–Crippen LogP) is 2.34. The van der Waals surface area contributed by atoms with Crippen molar-refractivity contribution >= 4 is 23.4 Å². The van der Waals surface area contributed by atoms with Gasteiger partial charge in [-0.05, 0) is 49.8 Å². The summed E-state index contributed by atoms with van der Waals surface area (Å²) in [7, 11) is 1.52. The van der Waals surface area contributed by atoms with Gasteiger partial charge in [0.15, 0.2) is 0 Å². The zero-order valence-electron chi connectivity index (χ0n) is 13.9. The molecule has 1 heterocycles. The summed E-state index contributed by atoms with van der Waals surface area (Å²) >= 11 is 5.95. The number of hydrogen-bond donors (Lipinski definition) is 1. The fourth-order valence-corrected chi connectivity index (χ4v) is 2.89. The van der Waals surface area contributed by atoms with Crippen molar-refractivity contribution in [1.29, 1.82) is 0 Å². The van der Waals surface area contributed by atoms with Crippen LogP contribution < -0.4 is 10.1 Å². The third-order valence-electron chi connectivity index (χ3n) is 4.09. The first kappa shape index (κ1) is 18.2. The van der Waals surface area contributed by atoms with E-state index in [1.165, 1.54) is 7.11 Å². The normalized spacial score (nSPS) is 14.5. The number of likely N-dealkylation sites (tertiary alicyclic amines) is 1. The zero-order chi connectivity index (χ0) is 17.5. The van der Waals surface area contributed by atoms with Crippen LogP contribution in [0.1, 0.15) is 30.1 Å². The van der Waals surface area contributed by atoms with Crippen molar-refractivity contribution < 1.29 is 14.3 Å². The standard InChI is InChI=1S/C18H21ClN2O3/c1-3-4-17(22)21-9-7-13(8-10-21)12-20-18(23)15-11-14(19)5-6-16(15)24-2/h5-6,11,13H,7-10,12H2,1-2H3,(H,20,23). The third kappa shape index (κ3) is 4.65. The van der Waals surface area contributed by atoms with Gasteiger partial charge in [-0.2, -0.15) is 0 Å². The van der Waals surface area contributed by atoms with Gasteiger partial charge in [-0.15, -0.1) is 0 Å². The highest BCUT2D eigenvalue weighted by Crippen LogP contribution is 2.23. The van der Waals surface area contributed by atoms with Gasteiger partial charge >= 0.3 is 0 Å². The van der Waals surface area contributed by atoms with Gasteiger partial charge in [-0.3, -0.25) is 9.59 Å². The van der Waals surface area contributed by atoms with E-state index < -0.39 is 0 Å². The summed E-state index contributed by atoms with van der Waals surface area (Å²) in [4.78, 5) is 25.8. The topological polar surface area (TPSA) is 58.6 Å². The Morgan fingerprint density at radius 1 is 1.38 bits per heavy atom. The average Bonchev–Trinajstić information content (AvgIpc) is 2.60. The lowest BCUT2D eigenvalue weighted by Crippen LogP contribution is -2.41. The molecule has 1 saturated heterocycles. The Bertz CT molecular complexity index is 671. The van der Waals surface area contributed by atoms with E-state index in [-0.39, 0.29) is 11.8 Å². The number of benzene rings is 1. The molecule has 1 fully saturated rings. The Balaban J connectivity index is 1.86. The summed E-state index contributed by atoms with van der Waals surface area (Å²) in [6.45, 7) is 3.57. The summed E-state index contributed by atoms with van der Waals surface area (Å²) in [6.07, 6.45) is 1.70. The lowest BCUT2D eigenvalue weighted by Gasteiger charge is -2.30. The molecule has 5 nitrogen and oxygen atoms in total. The minimum Gasteiger partial charge on any atom is -0.496 e. The van der Waals surface area contributed by atoms with Gasteiger partial charge < -0.3 is 15.0 Å². The van der Waals surface area contributed by atoms with Crippen molar-refractivity contribution in [3.8, 4) is 17.6 Å². The van der Waals surface area contributed by atoms with Crippen LogP contribution in [0.4, 0.5) is 0 Å². The number of methoxy groups -OCH3 is 1. The number of ether oxygens (including phenoxy) is 1. The van der Waals surface area contributed by atoms with Crippen LogP contribution in [-0.2, 0) is 4.79 Å². The van der Waals surface area contributed by atoms with Crippen molar-refractivity contribution in [2.45, 2.75) is 19.8 Å². The van der Waals surface area contributed by atoms with Crippen LogP contribution in [0.15, 0.2) is 18.2 Å². The lowest BCUT2D eigenvalue weighted by molar-refractivity contribution is -0.126. The molecule has 0 radical (unpaired) electrons. The number of nitrogens with zero attached hydrogens (tertiary/aromatic N) is 1. The number of rotatable bonds is 4. The second-order valence-electron chi connectivity index (χ2n) is 5.67. The van der Waals surface area contributed by atoms with Gasteiger partial charge in [-0.25, -0.2) is 0 Å². The van der Waals surface area contributed by atoms with Crippen molar-refractivity contribution in [3.63, 3.8) is 0 Å².